The van der Waals surface area contributed by atoms with Gasteiger partial charge in [-0.3, -0.25) is 0 Å². The zero-order valence-electron chi connectivity index (χ0n) is 23.6. The third-order valence-electron chi connectivity index (χ3n) is 8.34. The molecule has 0 saturated carbocycles. The molecule has 4 heterocycles. The summed E-state index contributed by atoms with van der Waals surface area (Å²) in [7, 11) is -1.70. The summed E-state index contributed by atoms with van der Waals surface area (Å²) < 4.78 is 68.0. The second-order valence-electron chi connectivity index (χ2n) is 11.8. The predicted octanol–water partition coefficient (Wildman–Crippen LogP) is 5.36. The fourth-order valence-corrected chi connectivity index (χ4v) is 6.90. The van der Waals surface area contributed by atoms with E-state index in [1.54, 1.807) is 29.8 Å². The average molecular weight is 578 g/mol. The highest BCUT2D eigenvalue weighted by Gasteiger charge is 2.38. The third-order valence-corrected chi connectivity index (χ3v) is 9.47. The van der Waals surface area contributed by atoms with E-state index < -0.39 is 21.7 Å². The van der Waals surface area contributed by atoms with Crippen molar-refractivity contribution in [3.05, 3.63) is 41.7 Å². The first-order chi connectivity index (χ1) is 18.8. The molecule has 0 radical (unpaired) electrons. The molecule has 2 saturated heterocycles. The fourth-order valence-electron chi connectivity index (χ4n) is 6.26. The summed E-state index contributed by atoms with van der Waals surface area (Å²) in [5, 5.41) is 0. The van der Waals surface area contributed by atoms with Crippen LogP contribution >= 0.6 is 0 Å². The van der Waals surface area contributed by atoms with Crippen LogP contribution in [0.25, 0.3) is 22.4 Å². The summed E-state index contributed by atoms with van der Waals surface area (Å²) >= 11 is 0. The second kappa shape index (κ2) is 11.1. The average Bonchev–Trinajstić information content (AvgIpc) is 3.23. The summed E-state index contributed by atoms with van der Waals surface area (Å²) in [6.45, 7) is 9.57. The van der Waals surface area contributed by atoms with Gasteiger partial charge in [0, 0.05) is 43.1 Å². The summed E-state index contributed by atoms with van der Waals surface area (Å²) in [5.74, 6) is 0.947. The Balaban J connectivity index is 1.37. The molecule has 0 atom stereocenters. The van der Waals surface area contributed by atoms with Crippen LogP contribution in [-0.4, -0.2) is 77.8 Å². The summed E-state index contributed by atoms with van der Waals surface area (Å²) in [4.78, 5) is 13.7. The summed E-state index contributed by atoms with van der Waals surface area (Å²) in [5.41, 5.74) is 0.224. The first-order valence-corrected chi connectivity index (χ1v) is 15.9. The quantitative estimate of drug-likeness (QED) is 0.393. The minimum atomic E-state index is -4.65. The molecule has 0 bridgehead atoms. The van der Waals surface area contributed by atoms with Crippen molar-refractivity contribution in [3.63, 3.8) is 0 Å². The Kier molecular flexibility index (Phi) is 8.02. The number of piperidine rings is 2. The molecule has 5 rings (SSSR count). The molecule has 0 aliphatic carbocycles. The number of sulfone groups is 1. The van der Waals surface area contributed by atoms with Crippen LogP contribution in [0.4, 0.5) is 13.2 Å². The van der Waals surface area contributed by atoms with Gasteiger partial charge in [0.05, 0.1) is 10.4 Å². The number of hydrogen-bond acceptors (Lipinski definition) is 6. The van der Waals surface area contributed by atoms with E-state index in [0.29, 0.717) is 34.6 Å². The monoisotopic (exact) mass is 577 g/mol. The SMILES string of the molecule is CC(C)CN1CCC(N2CCC(c3cc4c(nc(-c5ccc(S(C)(=O)=O)cc5)n4C)c(C(F)(F)F)n3)CC2)CC1. The number of pyridine rings is 1. The van der Waals surface area contributed by atoms with Crippen LogP contribution in [0.5, 0.6) is 0 Å². The van der Waals surface area contributed by atoms with Gasteiger partial charge in [0.2, 0.25) is 0 Å². The largest absolute Gasteiger partial charge is 0.435 e. The van der Waals surface area contributed by atoms with E-state index in [-0.39, 0.29) is 16.3 Å². The van der Waals surface area contributed by atoms with E-state index >= 15 is 0 Å². The Labute approximate surface area is 234 Å². The molecule has 2 fully saturated rings. The van der Waals surface area contributed by atoms with Gasteiger partial charge in [-0.15, -0.1) is 0 Å². The summed E-state index contributed by atoms with van der Waals surface area (Å²) in [6, 6.07) is 8.33. The maximum atomic E-state index is 14.2. The molecule has 0 amide bonds. The molecule has 40 heavy (non-hydrogen) atoms. The zero-order valence-corrected chi connectivity index (χ0v) is 24.4. The Morgan fingerprint density at radius 3 is 2.15 bits per heavy atom. The van der Waals surface area contributed by atoms with E-state index in [1.807, 2.05) is 0 Å². The lowest BCUT2D eigenvalue weighted by Gasteiger charge is -2.42. The van der Waals surface area contributed by atoms with Crippen molar-refractivity contribution in [2.45, 2.75) is 62.6 Å². The lowest BCUT2D eigenvalue weighted by Crippen LogP contribution is -2.48. The van der Waals surface area contributed by atoms with Gasteiger partial charge in [-0.2, -0.15) is 13.2 Å². The Morgan fingerprint density at radius 2 is 1.60 bits per heavy atom. The van der Waals surface area contributed by atoms with Gasteiger partial charge >= 0.3 is 6.18 Å². The molecule has 2 aliphatic rings. The fraction of sp³-hybridized carbons (Fsp3) is 0.586. The van der Waals surface area contributed by atoms with E-state index in [0.717, 1.165) is 64.7 Å². The van der Waals surface area contributed by atoms with Crippen molar-refractivity contribution in [3.8, 4) is 11.4 Å². The van der Waals surface area contributed by atoms with Crippen molar-refractivity contribution >= 4 is 20.9 Å². The Morgan fingerprint density at radius 1 is 0.975 bits per heavy atom. The maximum Gasteiger partial charge on any atom is 0.435 e. The molecule has 218 valence electrons. The smallest absolute Gasteiger partial charge is 0.327 e. The number of hydrogen-bond donors (Lipinski definition) is 0. The van der Waals surface area contributed by atoms with Crippen LogP contribution in [0.1, 0.15) is 56.8 Å². The maximum absolute atomic E-state index is 14.2. The van der Waals surface area contributed by atoms with Crippen LogP contribution in [-0.2, 0) is 23.1 Å². The van der Waals surface area contributed by atoms with E-state index in [9.17, 15) is 21.6 Å². The molecule has 1 aromatic carbocycles. The molecule has 0 unspecified atom stereocenters. The first-order valence-electron chi connectivity index (χ1n) is 14.0. The van der Waals surface area contributed by atoms with Gasteiger partial charge in [0.25, 0.3) is 0 Å². The minimum Gasteiger partial charge on any atom is -0.327 e. The number of aromatic nitrogens is 3. The number of nitrogens with zero attached hydrogens (tertiary/aromatic N) is 5. The van der Waals surface area contributed by atoms with Gasteiger partial charge in [-0.05, 0) is 88.1 Å². The Hall–Kier alpha value is -2.50. The first kappa shape index (κ1) is 29.0. The highest BCUT2D eigenvalue weighted by molar-refractivity contribution is 7.90. The van der Waals surface area contributed by atoms with Gasteiger partial charge < -0.3 is 14.4 Å². The number of rotatable bonds is 6. The number of fused-ring (bicyclic) bond motifs is 1. The number of benzene rings is 1. The number of aryl methyl sites for hydroxylation is 1. The van der Waals surface area contributed by atoms with Crippen LogP contribution in [0.2, 0.25) is 0 Å². The van der Waals surface area contributed by atoms with E-state index in [4.69, 9.17) is 0 Å². The third kappa shape index (κ3) is 6.06. The molecular formula is C29H38F3N5O2S. The van der Waals surface area contributed by atoms with E-state index in [1.165, 1.54) is 12.1 Å². The van der Waals surface area contributed by atoms with Crippen molar-refractivity contribution in [1.82, 2.24) is 24.3 Å². The molecule has 11 heteroatoms. The predicted molar refractivity (Wildman–Crippen MR) is 150 cm³/mol. The molecule has 0 N–H and O–H groups in total. The number of halogens is 3. The van der Waals surface area contributed by atoms with Crippen LogP contribution in [0, 0.1) is 5.92 Å². The van der Waals surface area contributed by atoms with Crippen molar-refractivity contribution < 1.29 is 21.6 Å². The molecule has 2 aromatic heterocycles. The highest BCUT2D eigenvalue weighted by Crippen LogP contribution is 2.38. The lowest BCUT2D eigenvalue weighted by molar-refractivity contribution is -0.140. The molecular weight excluding hydrogens is 539 g/mol. The zero-order chi connectivity index (χ0) is 28.8. The van der Waals surface area contributed by atoms with Gasteiger partial charge in [0.1, 0.15) is 11.3 Å². The Bertz CT molecular complexity index is 1450. The standard InChI is InChI=1S/C29H38F3N5O2S/c1-19(2)18-36-13-11-22(12-14-36)37-15-9-20(10-16-37)24-17-25-26(27(33-24)29(30,31)32)34-28(35(25)3)21-5-7-23(8-6-21)40(4,38)39/h5-8,17,19-20,22H,9-16,18H2,1-4H3. The molecule has 2 aliphatic heterocycles. The number of imidazole rings is 1. The van der Waals surface area contributed by atoms with E-state index in [2.05, 4.69) is 33.6 Å². The normalized spacial score (nSPS) is 19.2. The van der Waals surface area contributed by atoms with Crippen LogP contribution in [0.15, 0.2) is 35.2 Å². The van der Waals surface area contributed by atoms with Gasteiger partial charge in [0.15, 0.2) is 15.5 Å². The number of likely N-dealkylation sites (tertiary alicyclic amines) is 2. The molecule has 7 nitrogen and oxygen atoms in total. The topological polar surface area (TPSA) is 71.3 Å². The molecule has 3 aromatic rings. The summed E-state index contributed by atoms with van der Waals surface area (Å²) in [6.07, 6.45) is 0.302. The number of alkyl halides is 3. The lowest BCUT2D eigenvalue weighted by atomic mass is 9.90. The minimum absolute atomic E-state index is 0.0461. The van der Waals surface area contributed by atoms with Crippen LogP contribution < -0.4 is 0 Å². The van der Waals surface area contributed by atoms with Crippen molar-refractivity contribution in [1.29, 1.82) is 0 Å². The van der Waals surface area contributed by atoms with Crippen molar-refractivity contribution in [2.75, 3.05) is 39.0 Å². The van der Waals surface area contributed by atoms with Crippen molar-refractivity contribution in [2.24, 2.45) is 13.0 Å². The van der Waals surface area contributed by atoms with Gasteiger partial charge in [-0.1, -0.05) is 13.8 Å². The molecule has 0 spiro atoms. The second-order valence-corrected chi connectivity index (χ2v) is 13.8. The highest BCUT2D eigenvalue weighted by atomic mass is 32.2. The van der Waals surface area contributed by atoms with Crippen LogP contribution in [0.3, 0.4) is 0 Å². The van der Waals surface area contributed by atoms with Gasteiger partial charge in [-0.25, -0.2) is 18.4 Å².